The Hall–Kier alpha value is -2.62. The summed E-state index contributed by atoms with van der Waals surface area (Å²) in [5, 5.41) is 0. The maximum atomic E-state index is 11.7. The minimum Gasteiger partial charge on any atom is -0.464 e. The number of hydrogen-bond donors (Lipinski definition) is 0. The average molecular weight is 266 g/mol. The smallest absolute Gasteiger partial charge is 0.355 e. The Bertz CT molecular complexity index is 773. The lowest BCUT2D eigenvalue weighted by molar-refractivity contribution is 0.0593. The molecule has 0 saturated carbocycles. The maximum absolute atomic E-state index is 11.7. The van der Waals surface area contributed by atoms with E-state index in [0.717, 1.165) is 16.8 Å². The van der Waals surface area contributed by atoms with Crippen LogP contribution < -0.4 is 0 Å². The van der Waals surface area contributed by atoms with Crippen molar-refractivity contribution in [1.29, 1.82) is 0 Å². The van der Waals surface area contributed by atoms with E-state index >= 15 is 0 Å². The van der Waals surface area contributed by atoms with Gasteiger partial charge in [0.05, 0.1) is 24.5 Å². The predicted molar refractivity (Wildman–Crippen MR) is 76.7 cm³/mol. The molecule has 2 aromatic heterocycles. The van der Waals surface area contributed by atoms with Crippen molar-refractivity contribution in [3.8, 4) is 11.3 Å². The highest BCUT2D eigenvalue weighted by atomic mass is 16.5. The zero-order chi connectivity index (χ0) is 14.1. The van der Waals surface area contributed by atoms with Crippen molar-refractivity contribution < 1.29 is 9.53 Å². The lowest BCUT2D eigenvalue weighted by Gasteiger charge is -2.05. The van der Waals surface area contributed by atoms with Gasteiger partial charge in [-0.25, -0.2) is 4.79 Å². The summed E-state index contributed by atoms with van der Waals surface area (Å²) in [5.74, 6) is -0.356. The van der Waals surface area contributed by atoms with Gasteiger partial charge < -0.3 is 9.14 Å². The van der Waals surface area contributed by atoms with Gasteiger partial charge in [0.25, 0.3) is 0 Å². The lowest BCUT2D eigenvalue weighted by Crippen LogP contribution is -2.05. The van der Waals surface area contributed by atoms with Crippen LogP contribution in [0.4, 0.5) is 0 Å². The standard InChI is InChI=1S/C16H14N2O2/c1-11-3-5-12(6-4-11)14-10-18-13(9-17-14)7-8-15(18)16(19)20-2/h3-10H,1-2H3. The summed E-state index contributed by atoms with van der Waals surface area (Å²) in [5.41, 5.74) is 4.39. The Morgan fingerprint density at radius 3 is 2.60 bits per heavy atom. The molecule has 100 valence electrons. The second-order valence-corrected chi connectivity index (χ2v) is 4.64. The minimum absolute atomic E-state index is 0.356. The molecule has 0 aliphatic carbocycles. The number of aromatic nitrogens is 2. The molecule has 4 heteroatoms. The van der Waals surface area contributed by atoms with Crippen molar-refractivity contribution >= 4 is 11.5 Å². The number of benzene rings is 1. The molecule has 0 fully saturated rings. The fourth-order valence-corrected chi connectivity index (χ4v) is 2.15. The summed E-state index contributed by atoms with van der Waals surface area (Å²) in [4.78, 5) is 16.1. The molecular weight excluding hydrogens is 252 g/mol. The highest BCUT2D eigenvalue weighted by Crippen LogP contribution is 2.20. The maximum Gasteiger partial charge on any atom is 0.355 e. The van der Waals surface area contributed by atoms with Crippen LogP contribution in [0.3, 0.4) is 0 Å². The normalized spacial score (nSPS) is 10.7. The number of nitrogens with zero attached hydrogens (tertiary/aromatic N) is 2. The van der Waals surface area contributed by atoms with Crippen LogP contribution in [0.5, 0.6) is 0 Å². The first-order valence-electron chi connectivity index (χ1n) is 6.31. The van der Waals surface area contributed by atoms with Gasteiger partial charge in [0.1, 0.15) is 5.69 Å². The third-order valence-corrected chi connectivity index (χ3v) is 3.28. The number of carbonyl (C=O) groups is 1. The van der Waals surface area contributed by atoms with E-state index < -0.39 is 0 Å². The predicted octanol–water partition coefficient (Wildman–Crippen LogP) is 3.10. The second-order valence-electron chi connectivity index (χ2n) is 4.64. The zero-order valence-corrected chi connectivity index (χ0v) is 11.3. The van der Waals surface area contributed by atoms with Crippen molar-refractivity contribution in [3.63, 3.8) is 0 Å². The van der Waals surface area contributed by atoms with Crippen LogP contribution in [0.25, 0.3) is 16.8 Å². The van der Waals surface area contributed by atoms with Crippen LogP contribution in [-0.2, 0) is 4.74 Å². The molecule has 0 bridgehead atoms. The fraction of sp³-hybridized carbons (Fsp3) is 0.125. The Kier molecular flexibility index (Phi) is 2.99. The highest BCUT2D eigenvalue weighted by Gasteiger charge is 2.12. The van der Waals surface area contributed by atoms with Gasteiger partial charge in [-0.1, -0.05) is 29.8 Å². The van der Waals surface area contributed by atoms with Crippen LogP contribution >= 0.6 is 0 Å². The lowest BCUT2D eigenvalue weighted by atomic mass is 10.1. The fourth-order valence-electron chi connectivity index (χ4n) is 2.15. The number of hydrogen-bond acceptors (Lipinski definition) is 3. The number of ether oxygens (including phenoxy) is 1. The van der Waals surface area contributed by atoms with E-state index in [9.17, 15) is 4.79 Å². The number of esters is 1. The first kappa shape index (κ1) is 12.4. The Morgan fingerprint density at radius 2 is 1.90 bits per heavy atom. The summed E-state index contributed by atoms with van der Waals surface area (Å²) in [7, 11) is 1.38. The average Bonchev–Trinajstić information content (AvgIpc) is 2.90. The third kappa shape index (κ3) is 2.05. The number of methoxy groups -OCH3 is 1. The van der Waals surface area contributed by atoms with E-state index in [1.54, 1.807) is 16.7 Å². The van der Waals surface area contributed by atoms with Crippen LogP contribution in [-0.4, -0.2) is 22.5 Å². The number of carbonyl (C=O) groups excluding carboxylic acids is 1. The molecule has 0 saturated heterocycles. The Balaban J connectivity index is 2.14. The topological polar surface area (TPSA) is 43.6 Å². The summed E-state index contributed by atoms with van der Waals surface area (Å²) in [6.45, 7) is 2.04. The molecule has 0 N–H and O–H groups in total. The monoisotopic (exact) mass is 266 g/mol. The van der Waals surface area contributed by atoms with E-state index in [2.05, 4.69) is 4.98 Å². The molecule has 3 aromatic rings. The molecule has 0 atom stereocenters. The molecule has 0 amide bonds. The van der Waals surface area contributed by atoms with Crippen molar-refractivity contribution in [3.05, 3.63) is 60.0 Å². The molecule has 0 unspecified atom stereocenters. The van der Waals surface area contributed by atoms with E-state index in [1.165, 1.54) is 12.7 Å². The molecule has 3 rings (SSSR count). The quantitative estimate of drug-likeness (QED) is 0.669. The van der Waals surface area contributed by atoms with Crippen molar-refractivity contribution in [2.24, 2.45) is 0 Å². The Morgan fingerprint density at radius 1 is 1.15 bits per heavy atom. The summed E-state index contributed by atoms with van der Waals surface area (Å²) in [6.07, 6.45) is 3.61. The first-order valence-corrected chi connectivity index (χ1v) is 6.31. The summed E-state index contributed by atoms with van der Waals surface area (Å²) >= 11 is 0. The largest absolute Gasteiger partial charge is 0.464 e. The van der Waals surface area contributed by atoms with Crippen LogP contribution in [0.15, 0.2) is 48.8 Å². The summed E-state index contributed by atoms with van der Waals surface area (Å²) < 4.78 is 6.58. The molecule has 1 aromatic carbocycles. The summed E-state index contributed by atoms with van der Waals surface area (Å²) in [6, 6.07) is 11.7. The van der Waals surface area contributed by atoms with Gasteiger partial charge in [-0.2, -0.15) is 0 Å². The van der Waals surface area contributed by atoms with E-state index in [-0.39, 0.29) is 5.97 Å². The molecule has 2 heterocycles. The van der Waals surface area contributed by atoms with E-state index in [0.29, 0.717) is 5.69 Å². The van der Waals surface area contributed by atoms with Crippen LogP contribution in [0.1, 0.15) is 16.1 Å². The van der Waals surface area contributed by atoms with E-state index in [4.69, 9.17) is 4.74 Å². The number of aryl methyl sites for hydroxylation is 1. The van der Waals surface area contributed by atoms with Crippen LogP contribution in [0.2, 0.25) is 0 Å². The van der Waals surface area contributed by atoms with Gasteiger partial charge in [0.2, 0.25) is 0 Å². The molecule has 4 nitrogen and oxygen atoms in total. The molecule has 0 spiro atoms. The number of fused-ring (bicyclic) bond motifs is 1. The molecule has 0 radical (unpaired) electrons. The van der Waals surface area contributed by atoms with Gasteiger partial charge in [-0.05, 0) is 19.1 Å². The molecule has 0 aliphatic rings. The van der Waals surface area contributed by atoms with E-state index in [1.807, 2.05) is 43.5 Å². The highest BCUT2D eigenvalue weighted by molar-refractivity contribution is 5.89. The van der Waals surface area contributed by atoms with Gasteiger partial charge >= 0.3 is 5.97 Å². The molecular formula is C16H14N2O2. The molecule has 20 heavy (non-hydrogen) atoms. The van der Waals surface area contributed by atoms with Crippen LogP contribution in [0, 0.1) is 6.92 Å². The van der Waals surface area contributed by atoms with Crippen molar-refractivity contribution in [1.82, 2.24) is 9.38 Å². The van der Waals surface area contributed by atoms with Crippen molar-refractivity contribution in [2.45, 2.75) is 6.92 Å². The Labute approximate surface area is 116 Å². The van der Waals surface area contributed by atoms with Gasteiger partial charge in [-0.3, -0.25) is 4.98 Å². The number of rotatable bonds is 2. The third-order valence-electron chi connectivity index (χ3n) is 3.28. The van der Waals surface area contributed by atoms with Gasteiger partial charge in [0, 0.05) is 11.8 Å². The first-order chi connectivity index (χ1) is 9.69. The van der Waals surface area contributed by atoms with Gasteiger partial charge in [0.15, 0.2) is 0 Å². The minimum atomic E-state index is -0.356. The second kappa shape index (κ2) is 4.81. The zero-order valence-electron chi connectivity index (χ0n) is 11.3. The van der Waals surface area contributed by atoms with Gasteiger partial charge in [-0.15, -0.1) is 0 Å². The molecule has 0 aliphatic heterocycles. The SMILES string of the molecule is COC(=O)c1ccc2cnc(-c3ccc(C)cc3)cn12. The van der Waals surface area contributed by atoms with Crippen molar-refractivity contribution in [2.75, 3.05) is 7.11 Å².